The molecule has 0 aromatic heterocycles. The first-order chi connectivity index (χ1) is 8.17. The number of benzene rings is 1. The molecule has 2 amide bonds. The van der Waals surface area contributed by atoms with Crippen molar-refractivity contribution in [3.8, 4) is 0 Å². The SMILES string of the molecule is CCc1ccc(C(C)NC(=O)NCOC)cc1. The van der Waals surface area contributed by atoms with Crippen LogP contribution in [0.5, 0.6) is 0 Å². The van der Waals surface area contributed by atoms with Gasteiger partial charge < -0.3 is 15.4 Å². The van der Waals surface area contributed by atoms with Gasteiger partial charge in [0.2, 0.25) is 0 Å². The van der Waals surface area contributed by atoms with Crippen molar-refractivity contribution in [2.45, 2.75) is 26.3 Å². The van der Waals surface area contributed by atoms with Gasteiger partial charge in [-0.25, -0.2) is 4.79 Å². The highest BCUT2D eigenvalue weighted by atomic mass is 16.5. The number of hydrogen-bond acceptors (Lipinski definition) is 2. The fourth-order valence-corrected chi connectivity index (χ4v) is 1.51. The lowest BCUT2D eigenvalue weighted by Crippen LogP contribution is -2.37. The summed E-state index contributed by atoms with van der Waals surface area (Å²) >= 11 is 0. The lowest BCUT2D eigenvalue weighted by molar-refractivity contribution is 0.171. The first-order valence-electron chi connectivity index (χ1n) is 5.79. The highest BCUT2D eigenvalue weighted by Crippen LogP contribution is 2.13. The lowest BCUT2D eigenvalue weighted by atomic mass is 10.1. The second kappa shape index (κ2) is 6.91. The maximum absolute atomic E-state index is 11.4. The highest BCUT2D eigenvalue weighted by molar-refractivity contribution is 5.74. The summed E-state index contributed by atoms with van der Waals surface area (Å²) in [7, 11) is 1.53. The molecule has 0 radical (unpaired) electrons. The van der Waals surface area contributed by atoms with Crippen LogP contribution in [0.25, 0.3) is 0 Å². The van der Waals surface area contributed by atoms with Crippen molar-refractivity contribution in [2.75, 3.05) is 13.8 Å². The second-order valence-electron chi connectivity index (χ2n) is 3.90. The molecule has 1 rings (SSSR count). The Kier molecular flexibility index (Phi) is 5.49. The number of carbonyl (C=O) groups is 1. The fourth-order valence-electron chi connectivity index (χ4n) is 1.51. The molecule has 0 aliphatic heterocycles. The molecule has 0 aliphatic carbocycles. The van der Waals surface area contributed by atoms with Crippen LogP contribution in [0.15, 0.2) is 24.3 Å². The number of carbonyl (C=O) groups excluding carboxylic acids is 1. The number of urea groups is 1. The smallest absolute Gasteiger partial charge is 0.317 e. The van der Waals surface area contributed by atoms with Crippen molar-refractivity contribution < 1.29 is 9.53 Å². The van der Waals surface area contributed by atoms with Crippen molar-refractivity contribution in [3.05, 3.63) is 35.4 Å². The maximum Gasteiger partial charge on any atom is 0.317 e. The van der Waals surface area contributed by atoms with Gasteiger partial charge in [0.15, 0.2) is 0 Å². The number of rotatable bonds is 5. The zero-order valence-electron chi connectivity index (χ0n) is 10.6. The summed E-state index contributed by atoms with van der Waals surface area (Å²) in [5, 5.41) is 5.42. The molecule has 0 fully saturated rings. The van der Waals surface area contributed by atoms with Crippen molar-refractivity contribution in [2.24, 2.45) is 0 Å². The minimum Gasteiger partial charge on any atom is -0.364 e. The van der Waals surface area contributed by atoms with Gasteiger partial charge in [-0.3, -0.25) is 0 Å². The Morgan fingerprint density at radius 1 is 1.35 bits per heavy atom. The Balaban J connectivity index is 2.51. The molecule has 1 aromatic rings. The minimum atomic E-state index is -0.223. The third-order valence-corrected chi connectivity index (χ3v) is 2.61. The molecule has 0 saturated carbocycles. The van der Waals surface area contributed by atoms with Crippen LogP contribution in [-0.4, -0.2) is 19.9 Å². The van der Waals surface area contributed by atoms with E-state index in [-0.39, 0.29) is 18.8 Å². The largest absolute Gasteiger partial charge is 0.364 e. The maximum atomic E-state index is 11.4. The number of ether oxygens (including phenoxy) is 1. The molecular formula is C13H20N2O2. The van der Waals surface area contributed by atoms with Crippen LogP contribution >= 0.6 is 0 Å². The molecule has 94 valence electrons. The van der Waals surface area contributed by atoms with Crippen LogP contribution in [0.4, 0.5) is 4.79 Å². The third kappa shape index (κ3) is 4.44. The van der Waals surface area contributed by atoms with E-state index in [0.29, 0.717) is 0 Å². The number of methoxy groups -OCH3 is 1. The zero-order chi connectivity index (χ0) is 12.7. The highest BCUT2D eigenvalue weighted by Gasteiger charge is 2.08. The van der Waals surface area contributed by atoms with Gasteiger partial charge in [0, 0.05) is 7.11 Å². The third-order valence-electron chi connectivity index (χ3n) is 2.61. The van der Waals surface area contributed by atoms with E-state index in [1.54, 1.807) is 0 Å². The normalized spacial score (nSPS) is 11.9. The summed E-state index contributed by atoms with van der Waals surface area (Å²) in [5.74, 6) is 0. The minimum absolute atomic E-state index is 0.0160. The number of aryl methyl sites for hydroxylation is 1. The molecule has 17 heavy (non-hydrogen) atoms. The number of hydrogen-bond donors (Lipinski definition) is 2. The molecule has 0 spiro atoms. The fraction of sp³-hybridized carbons (Fsp3) is 0.462. The van der Waals surface area contributed by atoms with Gasteiger partial charge in [0.1, 0.15) is 6.73 Å². The average Bonchev–Trinajstić information content (AvgIpc) is 2.36. The average molecular weight is 236 g/mol. The molecule has 1 atom stereocenters. The molecule has 4 heteroatoms. The van der Waals surface area contributed by atoms with Gasteiger partial charge in [-0.2, -0.15) is 0 Å². The van der Waals surface area contributed by atoms with E-state index in [1.807, 2.05) is 19.1 Å². The Morgan fingerprint density at radius 2 is 2.00 bits per heavy atom. The van der Waals surface area contributed by atoms with E-state index < -0.39 is 0 Å². The molecule has 2 N–H and O–H groups in total. The van der Waals surface area contributed by atoms with Crippen molar-refractivity contribution in [3.63, 3.8) is 0 Å². The van der Waals surface area contributed by atoms with E-state index >= 15 is 0 Å². The summed E-state index contributed by atoms with van der Waals surface area (Å²) < 4.78 is 4.76. The Hall–Kier alpha value is -1.55. The van der Waals surface area contributed by atoms with Gasteiger partial charge in [0.25, 0.3) is 0 Å². The van der Waals surface area contributed by atoms with Crippen LogP contribution in [-0.2, 0) is 11.2 Å². The summed E-state index contributed by atoms with van der Waals surface area (Å²) in [6.45, 7) is 4.29. The van der Waals surface area contributed by atoms with Crippen molar-refractivity contribution in [1.29, 1.82) is 0 Å². The van der Waals surface area contributed by atoms with Gasteiger partial charge in [-0.15, -0.1) is 0 Å². The summed E-state index contributed by atoms with van der Waals surface area (Å²) in [5.41, 5.74) is 2.39. The van der Waals surface area contributed by atoms with E-state index in [9.17, 15) is 4.79 Å². The topological polar surface area (TPSA) is 50.4 Å². The van der Waals surface area contributed by atoms with Crippen LogP contribution in [0.3, 0.4) is 0 Å². The summed E-state index contributed by atoms with van der Waals surface area (Å²) in [6.07, 6.45) is 1.02. The summed E-state index contributed by atoms with van der Waals surface area (Å²) in [4.78, 5) is 11.4. The van der Waals surface area contributed by atoms with Gasteiger partial charge in [0.05, 0.1) is 6.04 Å². The number of nitrogens with one attached hydrogen (secondary N) is 2. The predicted molar refractivity (Wildman–Crippen MR) is 67.8 cm³/mol. The van der Waals surface area contributed by atoms with Gasteiger partial charge >= 0.3 is 6.03 Å². The first-order valence-corrected chi connectivity index (χ1v) is 5.79. The van der Waals surface area contributed by atoms with Crippen LogP contribution in [0.2, 0.25) is 0 Å². The van der Waals surface area contributed by atoms with Crippen molar-refractivity contribution >= 4 is 6.03 Å². The molecule has 0 bridgehead atoms. The van der Waals surface area contributed by atoms with Crippen LogP contribution < -0.4 is 10.6 Å². The van der Waals surface area contributed by atoms with E-state index in [1.165, 1.54) is 12.7 Å². The Morgan fingerprint density at radius 3 is 2.53 bits per heavy atom. The van der Waals surface area contributed by atoms with E-state index in [0.717, 1.165) is 12.0 Å². The zero-order valence-corrected chi connectivity index (χ0v) is 10.6. The second-order valence-corrected chi connectivity index (χ2v) is 3.90. The first kappa shape index (κ1) is 13.5. The molecule has 0 heterocycles. The Bertz CT molecular complexity index is 349. The standard InChI is InChI=1S/C13H20N2O2/c1-4-11-5-7-12(8-6-11)10(2)15-13(16)14-9-17-3/h5-8,10H,4,9H2,1-3H3,(H2,14,15,16). The number of amides is 2. The molecular weight excluding hydrogens is 216 g/mol. The van der Waals surface area contributed by atoms with Crippen LogP contribution in [0.1, 0.15) is 31.0 Å². The molecule has 0 aliphatic rings. The van der Waals surface area contributed by atoms with Gasteiger partial charge in [-0.05, 0) is 24.5 Å². The quantitative estimate of drug-likeness (QED) is 0.770. The van der Waals surface area contributed by atoms with E-state index in [2.05, 4.69) is 29.7 Å². The molecule has 4 nitrogen and oxygen atoms in total. The molecule has 1 unspecified atom stereocenters. The van der Waals surface area contributed by atoms with Crippen LogP contribution in [0, 0.1) is 0 Å². The van der Waals surface area contributed by atoms with E-state index in [4.69, 9.17) is 4.74 Å². The Labute approximate surface area is 102 Å². The molecule has 0 saturated heterocycles. The van der Waals surface area contributed by atoms with Crippen molar-refractivity contribution in [1.82, 2.24) is 10.6 Å². The monoisotopic (exact) mass is 236 g/mol. The molecule has 1 aromatic carbocycles. The van der Waals surface area contributed by atoms with Gasteiger partial charge in [-0.1, -0.05) is 31.2 Å². The predicted octanol–water partition coefficient (Wildman–Crippen LogP) is 2.21. The lowest BCUT2D eigenvalue weighted by Gasteiger charge is -2.15. The summed E-state index contributed by atoms with van der Waals surface area (Å²) in [6, 6.07) is 8.01.